The van der Waals surface area contributed by atoms with E-state index in [1.807, 2.05) is 72.8 Å². The van der Waals surface area contributed by atoms with Crippen molar-refractivity contribution in [2.24, 2.45) is 0 Å². The lowest BCUT2D eigenvalue weighted by atomic mass is 9.99. The first-order valence-electron chi connectivity index (χ1n) is 17.3. The number of sulfonamides is 1. The number of halogens is 1. The molecule has 0 unspecified atom stereocenters. The molecule has 7 rings (SSSR count). The van der Waals surface area contributed by atoms with Gasteiger partial charge in [-0.25, -0.2) is 13.1 Å². The number of nitrogens with zero attached hydrogens (tertiary/aromatic N) is 3. The van der Waals surface area contributed by atoms with E-state index in [0.29, 0.717) is 10.8 Å². The van der Waals surface area contributed by atoms with Crippen molar-refractivity contribution in [2.45, 2.75) is 34.7 Å². The van der Waals surface area contributed by atoms with E-state index in [2.05, 4.69) is 38.0 Å². The summed E-state index contributed by atoms with van der Waals surface area (Å²) in [5.74, 6) is -0.111. The van der Waals surface area contributed by atoms with Crippen LogP contribution in [0.15, 0.2) is 131 Å². The number of piperazine rings is 1. The maximum atomic E-state index is 13.3. The van der Waals surface area contributed by atoms with Crippen LogP contribution in [0.25, 0.3) is 11.1 Å². The molecule has 1 aliphatic heterocycles. The standard InChI is InChI=1S/C40H38ClN5O5S2/c41-32-14-10-29(11-15-32)36-9-5-4-6-31(36)27-44-22-24-45(25-23-44)33-16-12-30(13-17-33)39(47)43-53(50,51)35-18-19-37(38(26-35)46(48)49)42-40(20-21-40)28-52-34-7-2-1-3-8-34/h1-19,26,42H,20-25,27-28H2,(H,43,47). The largest absolute Gasteiger partial charge is 0.373 e. The zero-order valence-corrected chi connectivity index (χ0v) is 31.2. The molecule has 272 valence electrons. The summed E-state index contributed by atoms with van der Waals surface area (Å²) in [5, 5.41) is 16.0. The zero-order chi connectivity index (χ0) is 37.0. The average Bonchev–Trinajstić information content (AvgIpc) is 3.94. The number of carbonyl (C=O) groups is 1. The van der Waals surface area contributed by atoms with Crippen molar-refractivity contribution in [1.82, 2.24) is 9.62 Å². The van der Waals surface area contributed by atoms with Crippen LogP contribution in [0.5, 0.6) is 0 Å². The molecule has 0 atom stereocenters. The van der Waals surface area contributed by atoms with E-state index < -0.39 is 20.9 Å². The number of anilines is 2. The molecule has 1 amide bonds. The number of nitrogens with one attached hydrogen (secondary N) is 2. The molecular weight excluding hydrogens is 730 g/mol. The van der Waals surface area contributed by atoms with Gasteiger partial charge in [-0.05, 0) is 90.2 Å². The predicted molar refractivity (Wildman–Crippen MR) is 211 cm³/mol. The zero-order valence-electron chi connectivity index (χ0n) is 28.8. The van der Waals surface area contributed by atoms with Crippen LogP contribution in [0.1, 0.15) is 28.8 Å². The van der Waals surface area contributed by atoms with Gasteiger partial charge in [0.05, 0.1) is 9.82 Å². The van der Waals surface area contributed by atoms with Gasteiger partial charge in [0.15, 0.2) is 0 Å². The van der Waals surface area contributed by atoms with Gasteiger partial charge in [-0.3, -0.25) is 19.8 Å². The van der Waals surface area contributed by atoms with Crippen molar-refractivity contribution in [3.05, 3.63) is 148 Å². The highest BCUT2D eigenvalue weighted by molar-refractivity contribution is 7.99. The molecule has 2 N–H and O–H groups in total. The second kappa shape index (κ2) is 15.6. The maximum absolute atomic E-state index is 13.3. The average molecular weight is 768 g/mol. The van der Waals surface area contributed by atoms with Crippen molar-refractivity contribution in [3.63, 3.8) is 0 Å². The smallest absolute Gasteiger partial charge is 0.293 e. The Balaban J connectivity index is 0.947. The summed E-state index contributed by atoms with van der Waals surface area (Å²) in [6.07, 6.45) is 1.69. The Bertz CT molecular complexity index is 2210. The molecule has 2 aliphatic rings. The lowest BCUT2D eigenvalue weighted by molar-refractivity contribution is -0.384. The SMILES string of the molecule is O=C(NS(=O)(=O)c1ccc(NC2(CSc3ccccc3)CC2)c([N+](=O)[O-])c1)c1ccc(N2CCN(Cc3ccccc3-c3ccc(Cl)cc3)CC2)cc1. The van der Waals surface area contributed by atoms with Gasteiger partial charge in [-0.2, -0.15) is 0 Å². The first kappa shape index (κ1) is 36.5. The van der Waals surface area contributed by atoms with E-state index >= 15 is 0 Å². The van der Waals surface area contributed by atoms with Gasteiger partial charge in [0, 0.05) is 71.3 Å². The number of hydrogen-bond acceptors (Lipinski definition) is 9. The summed E-state index contributed by atoms with van der Waals surface area (Å²) in [6.45, 7) is 4.10. The van der Waals surface area contributed by atoms with E-state index in [-0.39, 0.29) is 27.4 Å². The van der Waals surface area contributed by atoms with Crippen molar-refractivity contribution < 1.29 is 18.1 Å². The van der Waals surface area contributed by atoms with Gasteiger partial charge in [0.25, 0.3) is 21.6 Å². The number of nitro groups is 1. The van der Waals surface area contributed by atoms with Crippen molar-refractivity contribution >= 4 is 56.4 Å². The molecule has 1 saturated heterocycles. The summed E-state index contributed by atoms with van der Waals surface area (Å²) in [5.41, 5.74) is 4.21. The van der Waals surface area contributed by atoms with Crippen LogP contribution in [0.4, 0.5) is 17.1 Å². The van der Waals surface area contributed by atoms with Gasteiger partial charge < -0.3 is 10.2 Å². The van der Waals surface area contributed by atoms with Crippen molar-refractivity contribution in [1.29, 1.82) is 0 Å². The fourth-order valence-electron chi connectivity index (χ4n) is 6.45. The van der Waals surface area contributed by atoms with Gasteiger partial charge in [0.1, 0.15) is 5.69 Å². The predicted octanol–water partition coefficient (Wildman–Crippen LogP) is 8.09. The van der Waals surface area contributed by atoms with Crippen molar-refractivity contribution in [2.75, 3.05) is 42.1 Å². The summed E-state index contributed by atoms with van der Waals surface area (Å²) in [4.78, 5) is 29.9. The second-order valence-corrected chi connectivity index (χ2v) is 16.5. The monoisotopic (exact) mass is 767 g/mol. The van der Waals surface area contributed by atoms with Gasteiger partial charge >= 0.3 is 0 Å². The summed E-state index contributed by atoms with van der Waals surface area (Å²) >= 11 is 7.77. The molecule has 5 aromatic carbocycles. The topological polar surface area (TPSA) is 125 Å². The van der Waals surface area contributed by atoms with Crippen LogP contribution < -0.4 is 14.9 Å². The first-order chi connectivity index (χ1) is 25.6. The Morgan fingerprint density at radius 1 is 0.849 bits per heavy atom. The van der Waals surface area contributed by atoms with Crippen molar-refractivity contribution in [3.8, 4) is 11.1 Å². The van der Waals surface area contributed by atoms with Crippen LogP contribution in [0, 0.1) is 10.1 Å². The number of thioether (sulfide) groups is 1. The number of carbonyl (C=O) groups excluding carboxylic acids is 1. The fraction of sp³-hybridized carbons (Fsp3) is 0.225. The molecule has 10 nitrogen and oxygen atoms in total. The normalized spacial score (nSPS) is 15.5. The molecule has 13 heteroatoms. The molecule has 2 fully saturated rings. The molecule has 1 heterocycles. The third kappa shape index (κ3) is 8.85. The lowest BCUT2D eigenvalue weighted by Gasteiger charge is -2.36. The third-order valence-electron chi connectivity index (χ3n) is 9.65. The van der Waals surface area contributed by atoms with Crippen LogP contribution in [0.2, 0.25) is 5.02 Å². The lowest BCUT2D eigenvalue weighted by Crippen LogP contribution is -2.46. The summed E-state index contributed by atoms with van der Waals surface area (Å²) < 4.78 is 28.6. The van der Waals surface area contributed by atoms with E-state index in [1.165, 1.54) is 23.3 Å². The fourth-order valence-corrected chi connectivity index (χ4v) is 8.73. The van der Waals surface area contributed by atoms with Gasteiger partial charge in [-0.1, -0.05) is 66.2 Å². The minimum atomic E-state index is -4.40. The molecular formula is C40H38ClN5O5S2. The molecule has 0 spiro atoms. The van der Waals surface area contributed by atoms with Crippen LogP contribution in [-0.4, -0.2) is 61.6 Å². The molecule has 0 bridgehead atoms. The second-order valence-electron chi connectivity index (χ2n) is 13.4. The number of nitro benzene ring substituents is 1. The summed E-state index contributed by atoms with van der Waals surface area (Å²) in [7, 11) is -4.40. The highest BCUT2D eigenvalue weighted by Gasteiger charge is 2.44. The number of benzene rings is 5. The van der Waals surface area contributed by atoms with E-state index in [0.717, 1.165) is 67.8 Å². The van der Waals surface area contributed by atoms with Crippen LogP contribution >= 0.6 is 23.4 Å². The minimum Gasteiger partial charge on any atom is -0.373 e. The van der Waals surface area contributed by atoms with E-state index in [1.54, 1.807) is 23.9 Å². The molecule has 5 aromatic rings. The molecule has 0 radical (unpaired) electrons. The quantitative estimate of drug-likeness (QED) is 0.0695. The van der Waals surface area contributed by atoms with Gasteiger partial charge in [0.2, 0.25) is 0 Å². The van der Waals surface area contributed by atoms with Gasteiger partial charge in [-0.15, -0.1) is 11.8 Å². The van der Waals surface area contributed by atoms with Crippen LogP contribution in [-0.2, 0) is 16.6 Å². The molecule has 1 saturated carbocycles. The number of hydrogen-bond donors (Lipinski definition) is 2. The molecule has 0 aromatic heterocycles. The summed E-state index contributed by atoms with van der Waals surface area (Å²) in [6, 6.07) is 36.7. The van der Waals surface area contributed by atoms with E-state index in [9.17, 15) is 23.3 Å². The molecule has 53 heavy (non-hydrogen) atoms. The minimum absolute atomic E-state index is 0.161. The Kier molecular flexibility index (Phi) is 10.7. The number of rotatable bonds is 13. The third-order valence-corrected chi connectivity index (χ3v) is 12.5. The molecule has 1 aliphatic carbocycles. The number of amides is 1. The Hall–Kier alpha value is -4.88. The Labute approximate surface area is 318 Å². The first-order valence-corrected chi connectivity index (χ1v) is 20.2. The Morgan fingerprint density at radius 2 is 1.53 bits per heavy atom. The van der Waals surface area contributed by atoms with E-state index in [4.69, 9.17) is 11.6 Å². The Morgan fingerprint density at radius 3 is 2.21 bits per heavy atom. The highest BCUT2D eigenvalue weighted by atomic mass is 35.5. The maximum Gasteiger partial charge on any atom is 0.293 e. The highest BCUT2D eigenvalue weighted by Crippen LogP contribution is 2.45. The van der Waals surface area contributed by atoms with Crippen LogP contribution in [0.3, 0.4) is 0 Å².